The van der Waals surface area contributed by atoms with E-state index in [1.807, 2.05) is 60.8 Å². The molecular formula is C23H23N3O4. The number of hydrogen-bond donors (Lipinski definition) is 3. The summed E-state index contributed by atoms with van der Waals surface area (Å²) in [4.78, 5) is 40.1. The van der Waals surface area contributed by atoms with E-state index in [9.17, 15) is 14.4 Å². The second-order valence-electron chi connectivity index (χ2n) is 7.38. The minimum atomic E-state index is -0.863. The third-order valence-electron chi connectivity index (χ3n) is 5.24. The van der Waals surface area contributed by atoms with Crippen LogP contribution in [0.15, 0.2) is 60.8 Å². The Hall–Kier alpha value is -3.61. The number of para-hydroxylation sites is 1. The number of benzene rings is 2. The van der Waals surface area contributed by atoms with Gasteiger partial charge in [-0.05, 0) is 23.6 Å². The molecule has 30 heavy (non-hydrogen) atoms. The van der Waals surface area contributed by atoms with Crippen LogP contribution < -0.4 is 10.6 Å². The van der Waals surface area contributed by atoms with Gasteiger partial charge >= 0.3 is 5.97 Å². The first-order valence-corrected chi connectivity index (χ1v) is 9.95. The number of carbonyl (C=O) groups excluding carboxylic acids is 3. The molecule has 1 aromatic heterocycles. The standard InChI is InChI=1S/C23H23N3O4/c27-21-11-10-19(25-21)22(28)26-20(23(29)30-14-15-6-2-1-3-7-15)12-16-13-24-18-9-5-4-8-17(16)18/h1-9,13,19-20,24H,10-12,14H2,(H,25,27)(H,26,28)/t19-,20-/m1/s1. The van der Waals surface area contributed by atoms with Gasteiger partial charge in [0.1, 0.15) is 18.7 Å². The summed E-state index contributed by atoms with van der Waals surface area (Å²) in [6, 6.07) is 15.7. The number of rotatable bonds is 7. The summed E-state index contributed by atoms with van der Waals surface area (Å²) in [6.07, 6.45) is 2.85. The Morgan fingerprint density at radius 2 is 1.87 bits per heavy atom. The molecule has 2 amide bonds. The minimum absolute atomic E-state index is 0.125. The number of carbonyl (C=O) groups is 3. The molecule has 0 spiro atoms. The Kier molecular flexibility index (Phi) is 5.79. The average molecular weight is 405 g/mol. The van der Waals surface area contributed by atoms with Crippen LogP contribution >= 0.6 is 0 Å². The number of ether oxygens (including phenoxy) is 1. The minimum Gasteiger partial charge on any atom is -0.459 e. The number of aromatic amines is 1. The van der Waals surface area contributed by atoms with Crippen LogP contribution in [0.2, 0.25) is 0 Å². The van der Waals surface area contributed by atoms with Crippen LogP contribution in [0.4, 0.5) is 0 Å². The van der Waals surface area contributed by atoms with Gasteiger partial charge in [0, 0.05) is 29.9 Å². The second kappa shape index (κ2) is 8.82. The molecule has 2 heterocycles. The maximum absolute atomic E-state index is 12.9. The first kappa shape index (κ1) is 19.7. The summed E-state index contributed by atoms with van der Waals surface area (Å²) in [6.45, 7) is 0.125. The van der Waals surface area contributed by atoms with Gasteiger partial charge < -0.3 is 20.4 Å². The van der Waals surface area contributed by atoms with Gasteiger partial charge in [0.05, 0.1) is 0 Å². The molecule has 154 valence electrons. The van der Waals surface area contributed by atoms with Crippen molar-refractivity contribution in [3.8, 4) is 0 Å². The Labute approximate surface area is 173 Å². The van der Waals surface area contributed by atoms with Crippen molar-refractivity contribution in [3.05, 3.63) is 71.9 Å². The highest BCUT2D eigenvalue weighted by Gasteiger charge is 2.31. The van der Waals surface area contributed by atoms with Crippen LogP contribution in [0, 0.1) is 0 Å². The molecule has 1 saturated heterocycles. The van der Waals surface area contributed by atoms with Crippen LogP contribution in [0.1, 0.15) is 24.0 Å². The molecule has 0 aliphatic carbocycles. The van der Waals surface area contributed by atoms with Crippen LogP contribution in [0.5, 0.6) is 0 Å². The van der Waals surface area contributed by atoms with E-state index in [0.29, 0.717) is 12.8 Å². The fourth-order valence-electron chi connectivity index (χ4n) is 3.63. The van der Waals surface area contributed by atoms with Crippen molar-refractivity contribution in [2.75, 3.05) is 0 Å². The lowest BCUT2D eigenvalue weighted by molar-refractivity contribution is -0.149. The van der Waals surface area contributed by atoms with Gasteiger partial charge in [-0.25, -0.2) is 4.79 Å². The lowest BCUT2D eigenvalue weighted by atomic mass is 10.0. The van der Waals surface area contributed by atoms with Crippen LogP contribution in [0.25, 0.3) is 10.9 Å². The highest BCUT2D eigenvalue weighted by Crippen LogP contribution is 2.20. The van der Waals surface area contributed by atoms with Crippen LogP contribution in [-0.4, -0.2) is 34.9 Å². The summed E-state index contributed by atoms with van der Waals surface area (Å²) >= 11 is 0. The molecule has 0 saturated carbocycles. The number of H-pyrrole nitrogens is 1. The Morgan fingerprint density at radius 3 is 2.63 bits per heavy atom. The van der Waals surface area contributed by atoms with Crippen molar-refractivity contribution in [1.82, 2.24) is 15.6 Å². The van der Waals surface area contributed by atoms with Crippen molar-refractivity contribution < 1.29 is 19.1 Å². The average Bonchev–Trinajstić information content (AvgIpc) is 3.39. The summed E-state index contributed by atoms with van der Waals surface area (Å²) in [7, 11) is 0. The molecule has 0 radical (unpaired) electrons. The summed E-state index contributed by atoms with van der Waals surface area (Å²) < 4.78 is 5.48. The number of esters is 1. The van der Waals surface area contributed by atoms with Gasteiger partial charge in [0.25, 0.3) is 0 Å². The van der Waals surface area contributed by atoms with Crippen molar-refractivity contribution >= 4 is 28.7 Å². The number of amides is 2. The summed E-state index contributed by atoms with van der Waals surface area (Å²) in [5, 5.41) is 6.40. The van der Waals surface area contributed by atoms with E-state index in [4.69, 9.17) is 4.74 Å². The molecule has 1 fully saturated rings. The third-order valence-corrected chi connectivity index (χ3v) is 5.24. The van der Waals surface area contributed by atoms with Crippen molar-refractivity contribution in [1.29, 1.82) is 0 Å². The first-order chi connectivity index (χ1) is 14.6. The fourth-order valence-corrected chi connectivity index (χ4v) is 3.63. The predicted molar refractivity (Wildman–Crippen MR) is 111 cm³/mol. The zero-order valence-corrected chi connectivity index (χ0v) is 16.4. The quantitative estimate of drug-likeness (QED) is 0.525. The monoisotopic (exact) mass is 405 g/mol. The lowest BCUT2D eigenvalue weighted by Crippen LogP contribution is -2.50. The maximum Gasteiger partial charge on any atom is 0.329 e. The van der Waals surface area contributed by atoms with Gasteiger partial charge in [-0.1, -0.05) is 48.5 Å². The van der Waals surface area contributed by atoms with Crippen LogP contribution in [-0.2, 0) is 32.1 Å². The number of hydrogen-bond acceptors (Lipinski definition) is 4. The molecule has 1 aliphatic heterocycles. The SMILES string of the molecule is O=C1CC[C@H](C(=O)N[C@H](Cc2c[nH]c3ccccc23)C(=O)OCc2ccccc2)N1. The van der Waals surface area contributed by atoms with E-state index in [-0.39, 0.29) is 24.8 Å². The van der Waals surface area contributed by atoms with Crippen molar-refractivity contribution in [2.45, 2.75) is 38.0 Å². The van der Waals surface area contributed by atoms with Crippen molar-refractivity contribution in [3.63, 3.8) is 0 Å². The second-order valence-corrected chi connectivity index (χ2v) is 7.38. The van der Waals surface area contributed by atoms with Gasteiger partial charge in [0.15, 0.2) is 0 Å². The van der Waals surface area contributed by atoms with E-state index >= 15 is 0 Å². The molecular weight excluding hydrogens is 382 g/mol. The topological polar surface area (TPSA) is 100 Å². The van der Waals surface area contributed by atoms with E-state index in [0.717, 1.165) is 22.0 Å². The molecule has 4 rings (SSSR count). The number of fused-ring (bicyclic) bond motifs is 1. The fraction of sp³-hybridized carbons (Fsp3) is 0.261. The molecule has 3 N–H and O–H groups in total. The van der Waals surface area contributed by atoms with Crippen molar-refractivity contribution in [2.24, 2.45) is 0 Å². The number of aromatic nitrogens is 1. The lowest BCUT2D eigenvalue weighted by Gasteiger charge is -2.20. The molecule has 7 heteroatoms. The highest BCUT2D eigenvalue weighted by molar-refractivity contribution is 5.93. The highest BCUT2D eigenvalue weighted by atomic mass is 16.5. The Balaban J connectivity index is 1.50. The van der Waals surface area contributed by atoms with Gasteiger partial charge in [-0.15, -0.1) is 0 Å². The zero-order valence-electron chi connectivity index (χ0n) is 16.4. The molecule has 0 bridgehead atoms. The van der Waals surface area contributed by atoms with Gasteiger partial charge in [-0.2, -0.15) is 0 Å². The molecule has 0 unspecified atom stereocenters. The molecule has 1 aliphatic rings. The maximum atomic E-state index is 12.9. The number of nitrogens with one attached hydrogen (secondary N) is 3. The third kappa shape index (κ3) is 4.51. The van der Waals surface area contributed by atoms with Crippen LogP contribution in [0.3, 0.4) is 0 Å². The predicted octanol–water partition coefficient (Wildman–Crippen LogP) is 2.22. The molecule has 3 aromatic rings. The first-order valence-electron chi connectivity index (χ1n) is 9.95. The summed E-state index contributed by atoms with van der Waals surface area (Å²) in [5.74, 6) is -1.04. The molecule has 2 aromatic carbocycles. The largest absolute Gasteiger partial charge is 0.459 e. The normalized spacial score (nSPS) is 16.8. The Bertz CT molecular complexity index is 1060. The van der Waals surface area contributed by atoms with E-state index in [1.54, 1.807) is 0 Å². The Morgan fingerprint density at radius 1 is 1.10 bits per heavy atom. The molecule has 2 atom stereocenters. The van der Waals surface area contributed by atoms with E-state index < -0.39 is 18.1 Å². The smallest absolute Gasteiger partial charge is 0.329 e. The van der Waals surface area contributed by atoms with Gasteiger partial charge in [-0.3, -0.25) is 9.59 Å². The van der Waals surface area contributed by atoms with E-state index in [1.165, 1.54) is 0 Å². The molecule has 7 nitrogen and oxygen atoms in total. The van der Waals surface area contributed by atoms with E-state index in [2.05, 4.69) is 15.6 Å². The van der Waals surface area contributed by atoms with Gasteiger partial charge in [0.2, 0.25) is 11.8 Å². The zero-order chi connectivity index (χ0) is 20.9. The summed E-state index contributed by atoms with van der Waals surface area (Å²) in [5.41, 5.74) is 2.73.